The van der Waals surface area contributed by atoms with Crippen molar-refractivity contribution in [2.24, 2.45) is 0 Å². The zero-order valence-electron chi connectivity index (χ0n) is 13.0. The molecule has 0 saturated heterocycles. The van der Waals surface area contributed by atoms with Gasteiger partial charge in [0.05, 0.1) is 0 Å². The van der Waals surface area contributed by atoms with Crippen molar-refractivity contribution in [2.75, 3.05) is 18.6 Å². The molecule has 5 nitrogen and oxygen atoms in total. The smallest absolute Gasteiger partial charge is 0.407 e. The van der Waals surface area contributed by atoms with Crippen molar-refractivity contribution >= 4 is 16.9 Å². The molecule has 1 fully saturated rings. The zero-order valence-corrected chi connectivity index (χ0v) is 13.8. The molecule has 0 heterocycles. The van der Waals surface area contributed by atoms with Crippen LogP contribution in [0.15, 0.2) is 0 Å². The van der Waals surface area contributed by atoms with Crippen molar-refractivity contribution in [1.82, 2.24) is 10.6 Å². The fourth-order valence-corrected chi connectivity index (χ4v) is 2.79. The van der Waals surface area contributed by atoms with Crippen LogP contribution in [-0.4, -0.2) is 46.5 Å². The monoisotopic (exact) mass is 304 g/mol. The Bertz CT molecular complexity index is 342. The summed E-state index contributed by atoms with van der Waals surface area (Å²) in [5, 5.41) is 6.36. The molecule has 118 valence electrons. The molecule has 1 aliphatic carbocycles. The van der Waals surface area contributed by atoms with Gasteiger partial charge in [-0.25, -0.2) is 4.79 Å². The summed E-state index contributed by atoms with van der Waals surface area (Å²) in [7, 11) is -0.751. The van der Waals surface area contributed by atoms with Crippen molar-refractivity contribution in [2.45, 2.75) is 64.1 Å². The van der Waals surface area contributed by atoms with Gasteiger partial charge in [-0.05, 0) is 46.5 Å². The van der Waals surface area contributed by atoms with E-state index in [4.69, 9.17) is 4.74 Å². The SMILES string of the molecule is CS(=O)CCNC1CCCC(NC(=O)OC(C)(C)C)C1. The molecule has 1 rings (SSSR count). The van der Waals surface area contributed by atoms with Gasteiger partial charge in [-0.1, -0.05) is 0 Å². The molecular formula is C14H28N2O3S. The van der Waals surface area contributed by atoms with Crippen molar-refractivity contribution in [3.63, 3.8) is 0 Å². The van der Waals surface area contributed by atoms with Gasteiger partial charge in [0, 0.05) is 41.4 Å². The standard InChI is InChI=1S/C14H28N2O3S/c1-14(2,3)19-13(17)16-12-7-5-6-11(10-12)15-8-9-20(4)18/h11-12,15H,5-10H2,1-4H3,(H,16,17). The first kappa shape index (κ1) is 17.4. The van der Waals surface area contributed by atoms with Crippen molar-refractivity contribution in [3.05, 3.63) is 0 Å². The lowest BCUT2D eigenvalue weighted by Crippen LogP contribution is -2.46. The molecule has 0 aromatic heterocycles. The maximum Gasteiger partial charge on any atom is 0.407 e. The van der Waals surface area contributed by atoms with Gasteiger partial charge in [-0.2, -0.15) is 0 Å². The molecule has 0 aromatic carbocycles. The van der Waals surface area contributed by atoms with E-state index in [1.54, 1.807) is 6.26 Å². The van der Waals surface area contributed by atoms with E-state index in [-0.39, 0.29) is 12.1 Å². The third-order valence-electron chi connectivity index (χ3n) is 3.22. The lowest BCUT2D eigenvalue weighted by atomic mass is 9.91. The maximum atomic E-state index is 11.7. The highest BCUT2D eigenvalue weighted by Gasteiger charge is 2.25. The number of ether oxygens (including phenoxy) is 1. The van der Waals surface area contributed by atoms with Crippen molar-refractivity contribution in [3.8, 4) is 0 Å². The fraction of sp³-hybridized carbons (Fsp3) is 0.929. The van der Waals surface area contributed by atoms with E-state index in [0.717, 1.165) is 32.2 Å². The highest BCUT2D eigenvalue weighted by Crippen LogP contribution is 2.19. The van der Waals surface area contributed by atoms with Crippen LogP contribution < -0.4 is 10.6 Å². The number of hydrogen-bond acceptors (Lipinski definition) is 4. The lowest BCUT2D eigenvalue weighted by Gasteiger charge is -2.31. The maximum absolute atomic E-state index is 11.7. The highest BCUT2D eigenvalue weighted by atomic mass is 32.2. The second kappa shape index (κ2) is 7.98. The fourth-order valence-electron chi connectivity index (χ4n) is 2.39. The molecule has 0 radical (unpaired) electrons. The third-order valence-corrected chi connectivity index (χ3v) is 4.00. The Morgan fingerprint density at radius 3 is 2.55 bits per heavy atom. The molecule has 3 unspecified atom stereocenters. The molecule has 0 aliphatic heterocycles. The molecule has 20 heavy (non-hydrogen) atoms. The molecule has 0 aromatic rings. The van der Waals surface area contributed by atoms with Crippen LogP contribution in [0.1, 0.15) is 46.5 Å². The Morgan fingerprint density at radius 1 is 1.30 bits per heavy atom. The van der Waals surface area contributed by atoms with Gasteiger partial charge in [0.25, 0.3) is 0 Å². The number of rotatable bonds is 5. The van der Waals surface area contributed by atoms with Gasteiger partial charge in [0.1, 0.15) is 5.60 Å². The molecule has 1 amide bonds. The van der Waals surface area contributed by atoms with E-state index in [2.05, 4.69) is 10.6 Å². The van der Waals surface area contributed by atoms with E-state index in [0.29, 0.717) is 11.8 Å². The topological polar surface area (TPSA) is 67.4 Å². The minimum atomic E-state index is -0.751. The molecule has 0 spiro atoms. The normalized spacial score (nSPS) is 25.0. The Kier molecular flexibility index (Phi) is 6.95. The molecule has 2 N–H and O–H groups in total. The van der Waals surface area contributed by atoms with Crippen LogP contribution in [0.5, 0.6) is 0 Å². The van der Waals surface area contributed by atoms with E-state index >= 15 is 0 Å². The predicted molar refractivity (Wildman–Crippen MR) is 82.3 cm³/mol. The first-order chi connectivity index (χ1) is 9.26. The second-order valence-corrected chi connectivity index (χ2v) is 7.99. The number of amides is 1. The summed E-state index contributed by atoms with van der Waals surface area (Å²) < 4.78 is 16.3. The van der Waals surface area contributed by atoms with E-state index in [1.807, 2.05) is 20.8 Å². The summed E-state index contributed by atoms with van der Waals surface area (Å²) in [4.78, 5) is 11.7. The van der Waals surface area contributed by atoms with Crippen molar-refractivity contribution in [1.29, 1.82) is 0 Å². The summed E-state index contributed by atoms with van der Waals surface area (Å²) in [6.45, 7) is 6.36. The van der Waals surface area contributed by atoms with Crippen molar-refractivity contribution < 1.29 is 13.7 Å². The van der Waals surface area contributed by atoms with Crippen LogP contribution >= 0.6 is 0 Å². The van der Waals surface area contributed by atoms with Crippen LogP contribution in [-0.2, 0) is 15.5 Å². The minimum Gasteiger partial charge on any atom is -0.444 e. The predicted octanol–water partition coefficient (Wildman–Crippen LogP) is 1.79. The molecule has 0 bridgehead atoms. The largest absolute Gasteiger partial charge is 0.444 e. The van der Waals surface area contributed by atoms with Gasteiger partial charge in [0.2, 0.25) is 0 Å². The summed E-state index contributed by atoms with van der Waals surface area (Å²) in [5.74, 6) is 0.681. The molecule has 1 aliphatic rings. The summed E-state index contributed by atoms with van der Waals surface area (Å²) in [6.07, 6.45) is 5.50. The number of carbonyl (C=O) groups is 1. The summed E-state index contributed by atoms with van der Waals surface area (Å²) in [6, 6.07) is 0.565. The van der Waals surface area contributed by atoms with E-state index in [9.17, 15) is 9.00 Å². The zero-order chi connectivity index (χ0) is 15.2. The number of carbonyl (C=O) groups excluding carboxylic acids is 1. The first-order valence-electron chi connectivity index (χ1n) is 7.29. The number of alkyl carbamates (subject to hydrolysis) is 1. The molecule has 6 heteroatoms. The minimum absolute atomic E-state index is 0.170. The molecular weight excluding hydrogens is 276 g/mol. The Morgan fingerprint density at radius 2 is 1.95 bits per heavy atom. The van der Waals surface area contributed by atoms with Gasteiger partial charge in [-0.15, -0.1) is 0 Å². The van der Waals surface area contributed by atoms with Crippen LogP contribution in [0, 0.1) is 0 Å². The van der Waals surface area contributed by atoms with Gasteiger partial charge in [-0.3, -0.25) is 4.21 Å². The molecule has 3 atom stereocenters. The van der Waals surface area contributed by atoms with Gasteiger partial charge < -0.3 is 15.4 Å². The van der Waals surface area contributed by atoms with Gasteiger partial charge in [0.15, 0.2) is 0 Å². The quantitative estimate of drug-likeness (QED) is 0.812. The number of hydrogen-bond donors (Lipinski definition) is 2. The Hall–Kier alpha value is -0.620. The highest BCUT2D eigenvalue weighted by molar-refractivity contribution is 7.84. The summed E-state index contributed by atoms with van der Waals surface area (Å²) >= 11 is 0. The number of nitrogens with one attached hydrogen (secondary N) is 2. The molecule has 1 saturated carbocycles. The second-order valence-electron chi connectivity index (χ2n) is 6.44. The third kappa shape index (κ3) is 7.85. The Balaban J connectivity index is 2.30. The van der Waals surface area contributed by atoms with Crippen LogP contribution in [0.4, 0.5) is 4.79 Å². The Labute approximate surface area is 124 Å². The van der Waals surface area contributed by atoms with Crippen LogP contribution in [0.25, 0.3) is 0 Å². The average molecular weight is 304 g/mol. The average Bonchev–Trinajstić information content (AvgIpc) is 2.26. The summed E-state index contributed by atoms with van der Waals surface area (Å²) in [5.41, 5.74) is -0.457. The van der Waals surface area contributed by atoms with Crippen LogP contribution in [0.3, 0.4) is 0 Å². The lowest BCUT2D eigenvalue weighted by molar-refractivity contribution is 0.0489. The van der Waals surface area contributed by atoms with Crippen LogP contribution in [0.2, 0.25) is 0 Å². The van der Waals surface area contributed by atoms with Gasteiger partial charge >= 0.3 is 6.09 Å². The van der Waals surface area contributed by atoms with E-state index in [1.165, 1.54) is 0 Å². The van der Waals surface area contributed by atoms with E-state index < -0.39 is 16.4 Å². The first-order valence-corrected chi connectivity index (χ1v) is 9.02.